The molecule has 0 aliphatic carbocycles. The Balaban J connectivity index is 3.14. The molecule has 0 fully saturated rings. The summed E-state index contributed by atoms with van der Waals surface area (Å²) in [5.74, 6) is 0. The van der Waals surface area contributed by atoms with Crippen LogP contribution in [0.4, 0.5) is 0 Å². The van der Waals surface area contributed by atoms with E-state index in [0.717, 1.165) is 25.7 Å². The molecule has 1 aromatic carbocycles. The van der Waals surface area contributed by atoms with Crippen LogP contribution in [0.5, 0.6) is 0 Å². The summed E-state index contributed by atoms with van der Waals surface area (Å²) < 4.78 is 0. The second kappa shape index (κ2) is 6.97. The van der Waals surface area contributed by atoms with Crippen LogP contribution >= 0.6 is 0 Å². The van der Waals surface area contributed by atoms with E-state index in [9.17, 15) is 10.5 Å². The van der Waals surface area contributed by atoms with E-state index in [-0.39, 0.29) is 10.8 Å². The number of nitrogens with zero attached hydrogens (tertiary/aromatic N) is 2. The van der Waals surface area contributed by atoms with E-state index in [2.05, 4.69) is 53.7 Å². The Kier molecular flexibility index (Phi) is 5.78. The van der Waals surface area contributed by atoms with Gasteiger partial charge in [0.25, 0.3) is 0 Å². The zero-order valence-corrected chi connectivity index (χ0v) is 14.9. The maximum absolute atomic E-state index is 9.25. The third kappa shape index (κ3) is 5.90. The van der Waals surface area contributed by atoms with Crippen LogP contribution in [0.25, 0.3) is 0 Å². The highest BCUT2D eigenvalue weighted by Gasteiger charge is 2.16. The molecule has 0 radical (unpaired) electrons. The number of hydrogen-bond acceptors (Lipinski definition) is 2. The Morgan fingerprint density at radius 2 is 1.05 bits per heavy atom. The Hall–Kier alpha value is -1.80. The van der Waals surface area contributed by atoms with E-state index in [1.807, 2.05) is 12.1 Å². The summed E-state index contributed by atoms with van der Waals surface area (Å²) in [5.41, 5.74) is 4.01. The van der Waals surface area contributed by atoms with Gasteiger partial charge < -0.3 is 0 Å². The number of nitriles is 2. The molecule has 118 valence electrons. The van der Waals surface area contributed by atoms with Gasteiger partial charge in [-0.25, -0.2) is 0 Å². The van der Waals surface area contributed by atoms with Gasteiger partial charge in [-0.05, 0) is 59.8 Å². The molecule has 1 rings (SSSR count). The molecule has 0 saturated heterocycles. The van der Waals surface area contributed by atoms with E-state index < -0.39 is 0 Å². The standard InChI is InChI=1S/C20H28N2/c1-19(2,3)9-7-15-11-17(13-21)18(14-22)12-16(15)8-10-20(4,5)6/h11-12H,7-10H2,1-6H3. The fourth-order valence-electron chi connectivity index (χ4n) is 2.36. The van der Waals surface area contributed by atoms with Gasteiger partial charge in [-0.2, -0.15) is 10.5 Å². The van der Waals surface area contributed by atoms with Gasteiger partial charge in [0, 0.05) is 0 Å². The molecule has 22 heavy (non-hydrogen) atoms. The van der Waals surface area contributed by atoms with Crippen molar-refractivity contribution in [1.29, 1.82) is 10.5 Å². The van der Waals surface area contributed by atoms with Crippen molar-refractivity contribution >= 4 is 0 Å². The summed E-state index contributed by atoms with van der Waals surface area (Å²) in [6.45, 7) is 13.4. The zero-order chi connectivity index (χ0) is 17.0. The maximum atomic E-state index is 9.25. The van der Waals surface area contributed by atoms with Crippen molar-refractivity contribution in [3.05, 3.63) is 34.4 Å². The molecule has 1 aromatic rings. The Labute approximate surface area is 135 Å². The lowest BCUT2D eigenvalue weighted by atomic mass is 9.83. The molecule has 2 nitrogen and oxygen atoms in total. The van der Waals surface area contributed by atoms with Crippen LogP contribution in [0.15, 0.2) is 12.1 Å². The Morgan fingerprint density at radius 1 is 0.727 bits per heavy atom. The van der Waals surface area contributed by atoms with Crippen molar-refractivity contribution in [2.45, 2.75) is 67.2 Å². The largest absolute Gasteiger partial charge is 0.192 e. The fraction of sp³-hybridized carbons (Fsp3) is 0.600. The molecule has 0 unspecified atom stereocenters. The summed E-state index contributed by atoms with van der Waals surface area (Å²) in [6.07, 6.45) is 4.07. The van der Waals surface area contributed by atoms with E-state index in [1.54, 1.807) is 0 Å². The highest BCUT2D eigenvalue weighted by atomic mass is 14.3. The van der Waals surface area contributed by atoms with Gasteiger partial charge >= 0.3 is 0 Å². The molecular formula is C20H28N2. The Morgan fingerprint density at radius 3 is 1.27 bits per heavy atom. The third-order valence-corrected chi connectivity index (χ3v) is 3.87. The highest BCUT2D eigenvalue weighted by Crippen LogP contribution is 2.28. The summed E-state index contributed by atoms with van der Waals surface area (Å²) >= 11 is 0. The first-order valence-corrected chi connectivity index (χ1v) is 8.02. The normalized spacial score (nSPS) is 11.8. The molecule has 0 bridgehead atoms. The van der Waals surface area contributed by atoms with Gasteiger partial charge in [0.2, 0.25) is 0 Å². The lowest BCUT2D eigenvalue weighted by molar-refractivity contribution is 0.371. The van der Waals surface area contributed by atoms with Crippen molar-refractivity contribution in [2.24, 2.45) is 10.8 Å². The monoisotopic (exact) mass is 296 g/mol. The lowest BCUT2D eigenvalue weighted by Crippen LogP contribution is -2.10. The SMILES string of the molecule is CC(C)(C)CCc1cc(C#N)c(C#N)cc1CCC(C)(C)C. The fourth-order valence-corrected chi connectivity index (χ4v) is 2.36. The molecule has 0 spiro atoms. The molecular weight excluding hydrogens is 268 g/mol. The Bertz CT molecular complexity index is 544. The van der Waals surface area contributed by atoms with Crippen molar-refractivity contribution in [3.63, 3.8) is 0 Å². The molecule has 0 heterocycles. The van der Waals surface area contributed by atoms with E-state index in [1.165, 1.54) is 11.1 Å². The molecule has 0 aliphatic rings. The minimum absolute atomic E-state index is 0.266. The molecule has 0 saturated carbocycles. The summed E-state index contributed by atoms with van der Waals surface area (Å²) in [5, 5.41) is 18.5. The second-order valence-corrected chi connectivity index (χ2v) is 8.51. The second-order valence-electron chi connectivity index (χ2n) is 8.51. The van der Waals surface area contributed by atoms with E-state index >= 15 is 0 Å². The molecule has 0 aliphatic heterocycles. The maximum Gasteiger partial charge on any atom is 0.101 e. The van der Waals surface area contributed by atoms with E-state index in [0.29, 0.717) is 11.1 Å². The van der Waals surface area contributed by atoms with Gasteiger partial charge in [0.05, 0.1) is 11.1 Å². The minimum atomic E-state index is 0.266. The number of hydrogen-bond donors (Lipinski definition) is 0. The topological polar surface area (TPSA) is 47.6 Å². The smallest absolute Gasteiger partial charge is 0.101 e. The van der Waals surface area contributed by atoms with Crippen molar-refractivity contribution < 1.29 is 0 Å². The molecule has 0 amide bonds. The number of benzene rings is 1. The molecule has 2 heteroatoms. The van der Waals surface area contributed by atoms with Crippen molar-refractivity contribution in [2.75, 3.05) is 0 Å². The summed E-state index contributed by atoms with van der Waals surface area (Å²) in [6, 6.07) is 8.19. The third-order valence-electron chi connectivity index (χ3n) is 3.87. The zero-order valence-electron chi connectivity index (χ0n) is 14.9. The molecule has 0 aromatic heterocycles. The predicted molar refractivity (Wildman–Crippen MR) is 91.4 cm³/mol. The predicted octanol–water partition coefficient (Wildman–Crippen LogP) is 5.39. The van der Waals surface area contributed by atoms with Crippen LogP contribution in [0.3, 0.4) is 0 Å². The average Bonchev–Trinajstić information content (AvgIpc) is 2.40. The first-order chi connectivity index (χ1) is 10.1. The number of rotatable bonds is 4. The lowest BCUT2D eigenvalue weighted by Gasteiger charge is -2.22. The average molecular weight is 296 g/mol. The van der Waals surface area contributed by atoms with Crippen LogP contribution in [-0.4, -0.2) is 0 Å². The number of aryl methyl sites for hydroxylation is 2. The van der Waals surface area contributed by atoms with Crippen LogP contribution in [0.1, 0.15) is 76.6 Å². The quantitative estimate of drug-likeness (QED) is 0.748. The van der Waals surface area contributed by atoms with Crippen LogP contribution in [-0.2, 0) is 12.8 Å². The van der Waals surface area contributed by atoms with Crippen LogP contribution < -0.4 is 0 Å². The first kappa shape index (κ1) is 18.2. The summed E-state index contributed by atoms with van der Waals surface area (Å²) in [4.78, 5) is 0. The van der Waals surface area contributed by atoms with Crippen molar-refractivity contribution in [1.82, 2.24) is 0 Å². The molecule has 0 atom stereocenters. The summed E-state index contributed by atoms with van der Waals surface area (Å²) in [7, 11) is 0. The van der Waals surface area contributed by atoms with Crippen LogP contribution in [0.2, 0.25) is 0 Å². The van der Waals surface area contributed by atoms with Crippen molar-refractivity contribution in [3.8, 4) is 12.1 Å². The molecule has 0 N–H and O–H groups in total. The van der Waals surface area contributed by atoms with Gasteiger partial charge in [-0.1, -0.05) is 41.5 Å². The van der Waals surface area contributed by atoms with Gasteiger partial charge in [-0.15, -0.1) is 0 Å². The van der Waals surface area contributed by atoms with Crippen LogP contribution in [0, 0.1) is 33.5 Å². The highest BCUT2D eigenvalue weighted by molar-refractivity contribution is 5.50. The van der Waals surface area contributed by atoms with Gasteiger partial charge in [0.15, 0.2) is 0 Å². The van der Waals surface area contributed by atoms with Gasteiger partial charge in [0.1, 0.15) is 12.1 Å². The van der Waals surface area contributed by atoms with E-state index in [4.69, 9.17) is 0 Å². The van der Waals surface area contributed by atoms with Gasteiger partial charge in [-0.3, -0.25) is 0 Å². The first-order valence-electron chi connectivity index (χ1n) is 8.02. The minimum Gasteiger partial charge on any atom is -0.192 e.